The molecule has 106 valence electrons. The van der Waals surface area contributed by atoms with Crippen molar-refractivity contribution >= 4 is 33.2 Å². The van der Waals surface area contributed by atoms with Crippen LogP contribution in [0, 0.1) is 0 Å². The van der Waals surface area contributed by atoms with Gasteiger partial charge in [0.25, 0.3) is 0 Å². The first kappa shape index (κ1) is 15.1. The van der Waals surface area contributed by atoms with Crippen LogP contribution >= 0.6 is 23.2 Å². The molecule has 1 atom stereocenters. The molecule has 7 heteroatoms. The number of rotatable bonds is 3. The van der Waals surface area contributed by atoms with Crippen LogP contribution in [0.4, 0.5) is 0 Å². The van der Waals surface area contributed by atoms with E-state index in [4.69, 9.17) is 23.2 Å². The summed E-state index contributed by atoms with van der Waals surface area (Å²) < 4.78 is 26.4. The molecule has 1 saturated heterocycles. The average Bonchev–Trinajstić information content (AvgIpc) is 2.82. The van der Waals surface area contributed by atoms with E-state index in [1.807, 2.05) is 19.0 Å². The highest BCUT2D eigenvalue weighted by Gasteiger charge is 2.33. The zero-order valence-electron chi connectivity index (χ0n) is 10.8. The maximum Gasteiger partial charge on any atom is 0.243 e. The largest absolute Gasteiger partial charge is 0.305 e. The van der Waals surface area contributed by atoms with E-state index in [0.29, 0.717) is 18.1 Å². The molecule has 1 aliphatic heterocycles. The number of halogens is 2. The second-order valence-electron chi connectivity index (χ2n) is 4.85. The van der Waals surface area contributed by atoms with Gasteiger partial charge in [-0.15, -0.1) is 0 Å². The van der Waals surface area contributed by atoms with Crippen LogP contribution in [0.1, 0.15) is 6.42 Å². The van der Waals surface area contributed by atoms with E-state index in [9.17, 15) is 8.42 Å². The fourth-order valence-corrected chi connectivity index (χ4v) is 4.02. The molecule has 1 heterocycles. The molecule has 0 bridgehead atoms. The summed E-state index contributed by atoms with van der Waals surface area (Å²) in [7, 11) is 0.436. The van der Waals surface area contributed by atoms with Gasteiger partial charge in [-0.25, -0.2) is 8.42 Å². The Bertz CT molecular complexity index is 575. The van der Waals surface area contributed by atoms with Crippen LogP contribution in [0.15, 0.2) is 23.1 Å². The van der Waals surface area contributed by atoms with Gasteiger partial charge in [0.05, 0.1) is 14.9 Å². The van der Waals surface area contributed by atoms with E-state index in [2.05, 4.69) is 0 Å². The third-order valence-corrected chi connectivity index (χ3v) is 5.99. The molecule has 1 aromatic carbocycles. The first-order valence-corrected chi connectivity index (χ1v) is 8.13. The summed E-state index contributed by atoms with van der Waals surface area (Å²) in [5.74, 6) is 0. The molecular weight excluding hydrogens is 307 g/mol. The van der Waals surface area contributed by atoms with Crippen LogP contribution in [0.5, 0.6) is 0 Å². The summed E-state index contributed by atoms with van der Waals surface area (Å²) in [5, 5.41) is 0.610. The Morgan fingerprint density at radius 1 is 1.26 bits per heavy atom. The van der Waals surface area contributed by atoms with E-state index < -0.39 is 10.0 Å². The van der Waals surface area contributed by atoms with Crippen molar-refractivity contribution in [1.82, 2.24) is 9.21 Å². The lowest BCUT2D eigenvalue weighted by Gasteiger charge is -2.20. The fourth-order valence-electron chi connectivity index (χ4n) is 2.14. The van der Waals surface area contributed by atoms with Crippen LogP contribution in [0.25, 0.3) is 0 Å². The minimum atomic E-state index is -3.48. The SMILES string of the molecule is CN(C)C1CCN(S(=O)(=O)c2ccc(Cl)c(Cl)c2)C1. The summed E-state index contributed by atoms with van der Waals surface area (Å²) in [4.78, 5) is 2.24. The van der Waals surface area contributed by atoms with Crippen LogP contribution < -0.4 is 0 Å². The molecule has 0 aliphatic carbocycles. The Balaban J connectivity index is 2.26. The minimum Gasteiger partial charge on any atom is -0.305 e. The molecule has 0 N–H and O–H groups in total. The molecule has 2 rings (SSSR count). The van der Waals surface area contributed by atoms with Gasteiger partial charge in [-0.1, -0.05) is 23.2 Å². The van der Waals surface area contributed by atoms with E-state index in [0.717, 1.165) is 6.42 Å². The lowest BCUT2D eigenvalue weighted by Crippen LogP contribution is -2.34. The fraction of sp³-hybridized carbons (Fsp3) is 0.500. The van der Waals surface area contributed by atoms with Crippen molar-refractivity contribution in [2.24, 2.45) is 0 Å². The third-order valence-electron chi connectivity index (χ3n) is 3.39. The summed E-state index contributed by atoms with van der Waals surface area (Å²) in [5.41, 5.74) is 0. The molecule has 1 aliphatic rings. The van der Waals surface area contributed by atoms with E-state index in [1.54, 1.807) is 0 Å². The Morgan fingerprint density at radius 2 is 1.95 bits per heavy atom. The van der Waals surface area contributed by atoms with Gasteiger partial charge in [-0.05, 0) is 38.7 Å². The zero-order chi connectivity index (χ0) is 14.2. The summed E-state index contributed by atoms with van der Waals surface area (Å²) in [6.07, 6.45) is 0.841. The van der Waals surface area contributed by atoms with Gasteiger partial charge in [-0.3, -0.25) is 0 Å². The second kappa shape index (κ2) is 5.58. The molecule has 1 unspecified atom stereocenters. The highest BCUT2D eigenvalue weighted by Crippen LogP contribution is 2.28. The Morgan fingerprint density at radius 3 is 2.47 bits per heavy atom. The average molecular weight is 323 g/mol. The molecule has 0 spiro atoms. The van der Waals surface area contributed by atoms with Gasteiger partial charge < -0.3 is 4.90 Å². The Labute approximate surface area is 124 Å². The molecule has 1 aromatic rings. The standard InChI is InChI=1S/C12H16Cl2N2O2S/c1-15(2)9-5-6-16(8-9)19(17,18)10-3-4-11(13)12(14)7-10/h3-4,7,9H,5-6,8H2,1-2H3. The lowest BCUT2D eigenvalue weighted by atomic mass is 10.2. The van der Waals surface area contributed by atoms with E-state index in [1.165, 1.54) is 22.5 Å². The lowest BCUT2D eigenvalue weighted by molar-refractivity contribution is 0.302. The maximum atomic E-state index is 12.5. The van der Waals surface area contributed by atoms with Crippen molar-refractivity contribution in [3.63, 3.8) is 0 Å². The molecule has 19 heavy (non-hydrogen) atoms. The quantitative estimate of drug-likeness (QED) is 0.857. The molecule has 4 nitrogen and oxygen atoms in total. The first-order valence-electron chi connectivity index (χ1n) is 5.94. The van der Waals surface area contributed by atoms with Crippen LogP contribution in [-0.2, 0) is 10.0 Å². The van der Waals surface area contributed by atoms with Gasteiger partial charge in [0.15, 0.2) is 0 Å². The van der Waals surface area contributed by atoms with E-state index in [-0.39, 0.29) is 16.0 Å². The van der Waals surface area contributed by atoms with Crippen molar-refractivity contribution in [1.29, 1.82) is 0 Å². The predicted octanol–water partition coefficient (Wildman–Crippen LogP) is 2.32. The number of likely N-dealkylation sites (N-methyl/N-ethyl adjacent to an activating group) is 1. The molecule has 0 radical (unpaired) electrons. The van der Waals surface area contributed by atoms with Gasteiger partial charge in [-0.2, -0.15) is 4.31 Å². The number of nitrogens with zero attached hydrogens (tertiary/aromatic N) is 2. The summed E-state index contributed by atoms with van der Waals surface area (Å²) >= 11 is 11.7. The summed E-state index contributed by atoms with van der Waals surface area (Å²) in [6, 6.07) is 4.67. The van der Waals surface area contributed by atoms with E-state index >= 15 is 0 Å². The highest BCUT2D eigenvalue weighted by atomic mass is 35.5. The Kier molecular flexibility index (Phi) is 4.42. The number of hydrogen-bond donors (Lipinski definition) is 0. The molecule has 1 fully saturated rings. The smallest absolute Gasteiger partial charge is 0.243 e. The first-order chi connectivity index (χ1) is 8.82. The Hall–Kier alpha value is -0.330. The van der Waals surface area contributed by atoms with Gasteiger partial charge in [0.1, 0.15) is 0 Å². The van der Waals surface area contributed by atoms with Gasteiger partial charge in [0.2, 0.25) is 10.0 Å². The summed E-state index contributed by atoms with van der Waals surface area (Å²) in [6.45, 7) is 1.04. The van der Waals surface area contributed by atoms with Crippen molar-refractivity contribution in [2.75, 3.05) is 27.2 Å². The minimum absolute atomic E-state index is 0.196. The highest BCUT2D eigenvalue weighted by molar-refractivity contribution is 7.89. The van der Waals surface area contributed by atoms with Gasteiger partial charge in [0, 0.05) is 19.1 Å². The molecule has 0 aromatic heterocycles. The monoisotopic (exact) mass is 322 g/mol. The molecule has 0 saturated carbocycles. The van der Waals surface area contributed by atoms with Crippen LogP contribution in [0.3, 0.4) is 0 Å². The number of benzene rings is 1. The molecule has 0 amide bonds. The van der Waals surface area contributed by atoms with Crippen molar-refractivity contribution in [3.8, 4) is 0 Å². The molecular formula is C12H16Cl2N2O2S. The topological polar surface area (TPSA) is 40.6 Å². The van der Waals surface area contributed by atoms with Crippen molar-refractivity contribution < 1.29 is 8.42 Å². The third kappa shape index (κ3) is 3.06. The number of hydrogen-bond acceptors (Lipinski definition) is 3. The van der Waals surface area contributed by atoms with Crippen molar-refractivity contribution in [3.05, 3.63) is 28.2 Å². The zero-order valence-corrected chi connectivity index (χ0v) is 13.1. The predicted molar refractivity (Wildman–Crippen MR) is 77.3 cm³/mol. The van der Waals surface area contributed by atoms with Crippen LogP contribution in [0.2, 0.25) is 10.0 Å². The normalized spacial score (nSPS) is 21.2. The maximum absolute atomic E-state index is 12.5. The second-order valence-corrected chi connectivity index (χ2v) is 7.60. The van der Waals surface area contributed by atoms with Gasteiger partial charge >= 0.3 is 0 Å². The number of sulfonamides is 1. The van der Waals surface area contributed by atoms with Crippen molar-refractivity contribution in [2.45, 2.75) is 17.4 Å². The van der Waals surface area contributed by atoms with Crippen LogP contribution in [-0.4, -0.2) is 50.8 Å².